The third-order valence-corrected chi connectivity index (χ3v) is 2.58. The van der Waals surface area contributed by atoms with E-state index in [2.05, 4.69) is 17.0 Å². The van der Waals surface area contributed by atoms with Crippen molar-refractivity contribution in [3.63, 3.8) is 0 Å². The number of alkyl halides is 2. The standard InChI is InChI=1S/C13H19F2NO/c1-3-4-9-16-10(2)11-7-5-6-8-12(11)17-13(14)15/h5-8,10,13,16H,3-4,9H2,1-2H3. The molecule has 0 amide bonds. The molecule has 0 aliphatic rings. The lowest BCUT2D eigenvalue weighted by Gasteiger charge is -2.17. The van der Waals surface area contributed by atoms with Crippen LogP contribution in [0, 0.1) is 0 Å². The van der Waals surface area contributed by atoms with Gasteiger partial charge in [-0.05, 0) is 26.0 Å². The Hall–Kier alpha value is -1.16. The van der Waals surface area contributed by atoms with Gasteiger partial charge in [0, 0.05) is 11.6 Å². The Morgan fingerprint density at radius 2 is 2.00 bits per heavy atom. The van der Waals surface area contributed by atoms with Crippen LogP contribution in [-0.4, -0.2) is 13.2 Å². The molecule has 0 radical (unpaired) electrons. The number of para-hydroxylation sites is 1. The fourth-order valence-corrected chi connectivity index (χ4v) is 1.65. The highest BCUT2D eigenvalue weighted by Crippen LogP contribution is 2.26. The van der Waals surface area contributed by atoms with Crippen LogP contribution in [0.2, 0.25) is 0 Å². The number of rotatable bonds is 7. The first-order chi connectivity index (χ1) is 8.15. The Morgan fingerprint density at radius 1 is 1.29 bits per heavy atom. The summed E-state index contributed by atoms with van der Waals surface area (Å²) < 4.78 is 29.0. The molecule has 0 aliphatic heterocycles. The van der Waals surface area contributed by atoms with Gasteiger partial charge in [0.25, 0.3) is 0 Å². The van der Waals surface area contributed by atoms with E-state index in [4.69, 9.17) is 0 Å². The minimum Gasteiger partial charge on any atom is -0.434 e. The summed E-state index contributed by atoms with van der Waals surface area (Å²) >= 11 is 0. The maximum Gasteiger partial charge on any atom is 0.387 e. The lowest BCUT2D eigenvalue weighted by atomic mass is 10.1. The summed E-state index contributed by atoms with van der Waals surface area (Å²) in [4.78, 5) is 0. The second-order valence-corrected chi connectivity index (χ2v) is 3.95. The maximum atomic E-state index is 12.2. The molecule has 0 saturated carbocycles. The van der Waals surface area contributed by atoms with Crippen molar-refractivity contribution in [3.8, 4) is 5.75 Å². The molecule has 0 heterocycles. The van der Waals surface area contributed by atoms with E-state index in [9.17, 15) is 8.78 Å². The van der Waals surface area contributed by atoms with Crippen molar-refractivity contribution in [2.45, 2.75) is 39.3 Å². The second-order valence-electron chi connectivity index (χ2n) is 3.95. The van der Waals surface area contributed by atoms with Crippen LogP contribution < -0.4 is 10.1 Å². The summed E-state index contributed by atoms with van der Waals surface area (Å²) in [5.41, 5.74) is 0.768. The third kappa shape index (κ3) is 4.69. The highest BCUT2D eigenvalue weighted by Gasteiger charge is 2.13. The molecule has 4 heteroatoms. The molecule has 0 aliphatic carbocycles. The summed E-state index contributed by atoms with van der Waals surface area (Å²) in [5, 5.41) is 3.29. The summed E-state index contributed by atoms with van der Waals surface area (Å²) in [6, 6.07) is 6.91. The van der Waals surface area contributed by atoms with Gasteiger partial charge >= 0.3 is 6.61 Å². The Bertz CT molecular complexity index is 331. The molecule has 0 fully saturated rings. The van der Waals surface area contributed by atoms with Crippen molar-refractivity contribution >= 4 is 0 Å². The number of unbranched alkanes of at least 4 members (excludes halogenated alkanes) is 1. The van der Waals surface area contributed by atoms with Gasteiger partial charge in [0.1, 0.15) is 5.75 Å². The van der Waals surface area contributed by atoms with E-state index in [1.54, 1.807) is 18.2 Å². The number of ether oxygens (including phenoxy) is 1. The van der Waals surface area contributed by atoms with Gasteiger partial charge in [-0.2, -0.15) is 8.78 Å². The zero-order valence-corrected chi connectivity index (χ0v) is 10.2. The quantitative estimate of drug-likeness (QED) is 0.737. The van der Waals surface area contributed by atoms with Gasteiger partial charge in [-0.1, -0.05) is 31.5 Å². The fraction of sp³-hybridized carbons (Fsp3) is 0.538. The van der Waals surface area contributed by atoms with E-state index in [0.717, 1.165) is 24.9 Å². The Balaban J connectivity index is 2.67. The molecule has 17 heavy (non-hydrogen) atoms. The van der Waals surface area contributed by atoms with Crippen molar-refractivity contribution in [3.05, 3.63) is 29.8 Å². The first kappa shape index (κ1) is 13.9. The number of hydrogen-bond donors (Lipinski definition) is 1. The van der Waals surface area contributed by atoms with Gasteiger partial charge < -0.3 is 10.1 Å². The first-order valence-corrected chi connectivity index (χ1v) is 5.92. The summed E-state index contributed by atoms with van der Waals surface area (Å²) in [6.45, 7) is 2.16. The highest BCUT2D eigenvalue weighted by molar-refractivity contribution is 5.35. The molecule has 0 saturated heterocycles. The predicted octanol–water partition coefficient (Wildman–Crippen LogP) is 3.74. The molecule has 0 spiro atoms. The predicted molar refractivity (Wildman–Crippen MR) is 64.4 cm³/mol. The van der Waals surface area contributed by atoms with Crippen LogP contribution in [0.15, 0.2) is 24.3 Å². The third-order valence-electron chi connectivity index (χ3n) is 2.58. The summed E-state index contributed by atoms with van der Waals surface area (Å²) in [6.07, 6.45) is 2.18. The largest absolute Gasteiger partial charge is 0.434 e. The van der Waals surface area contributed by atoms with E-state index in [0.29, 0.717) is 0 Å². The normalized spacial score (nSPS) is 12.8. The van der Waals surface area contributed by atoms with E-state index in [-0.39, 0.29) is 11.8 Å². The molecular formula is C13H19F2NO. The molecule has 96 valence electrons. The molecule has 0 aromatic heterocycles. The SMILES string of the molecule is CCCCNC(C)c1ccccc1OC(F)F. The zero-order valence-electron chi connectivity index (χ0n) is 10.2. The molecule has 1 unspecified atom stereocenters. The summed E-state index contributed by atoms with van der Waals surface area (Å²) in [7, 11) is 0. The Labute approximate surface area is 101 Å². The van der Waals surface area contributed by atoms with Crippen LogP contribution in [0.4, 0.5) is 8.78 Å². The van der Waals surface area contributed by atoms with E-state index < -0.39 is 6.61 Å². The van der Waals surface area contributed by atoms with Crippen molar-refractivity contribution in [1.29, 1.82) is 0 Å². The molecule has 2 nitrogen and oxygen atoms in total. The van der Waals surface area contributed by atoms with Crippen molar-refractivity contribution < 1.29 is 13.5 Å². The number of nitrogens with one attached hydrogen (secondary N) is 1. The molecule has 1 aromatic rings. The summed E-state index contributed by atoms with van der Waals surface area (Å²) in [5.74, 6) is 0.249. The average Bonchev–Trinajstić information content (AvgIpc) is 2.29. The lowest BCUT2D eigenvalue weighted by molar-refractivity contribution is -0.0506. The van der Waals surface area contributed by atoms with Crippen LogP contribution in [-0.2, 0) is 0 Å². The molecule has 1 rings (SSSR count). The minimum absolute atomic E-state index is 0.0106. The van der Waals surface area contributed by atoms with Gasteiger partial charge in [0.2, 0.25) is 0 Å². The topological polar surface area (TPSA) is 21.3 Å². The highest BCUT2D eigenvalue weighted by atomic mass is 19.3. The maximum absolute atomic E-state index is 12.2. The van der Waals surface area contributed by atoms with Gasteiger partial charge in [-0.3, -0.25) is 0 Å². The Morgan fingerprint density at radius 3 is 2.65 bits per heavy atom. The molecule has 1 N–H and O–H groups in total. The van der Waals surface area contributed by atoms with Crippen LogP contribution >= 0.6 is 0 Å². The van der Waals surface area contributed by atoms with Crippen LogP contribution in [0.3, 0.4) is 0 Å². The van der Waals surface area contributed by atoms with Crippen LogP contribution in [0.25, 0.3) is 0 Å². The number of hydrogen-bond acceptors (Lipinski definition) is 2. The average molecular weight is 243 g/mol. The Kier molecular flexibility index (Phi) is 5.91. The van der Waals surface area contributed by atoms with Crippen LogP contribution in [0.1, 0.15) is 38.3 Å². The smallest absolute Gasteiger partial charge is 0.387 e. The first-order valence-electron chi connectivity index (χ1n) is 5.92. The van der Waals surface area contributed by atoms with Crippen molar-refractivity contribution in [1.82, 2.24) is 5.32 Å². The number of benzene rings is 1. The van der Waals surface area contributed by atoms with E-state index in [1.807, 2.05) is 13.0 Å². The minimum atomic E-state index is -2.78. The molecule has 1 atom stereocenters. The lowest BCUT2D eigenvalue weighted by Crippen LogP contribution is -2.20. The van der Waals surface area contributed by atoms with Gasteiger partial charge in [0.15, 0.2) is 0 Å². The van der Waals surface area contributed by atoms with Crippen molar-refractivity contribution in [2.75, 3.05) is 6.54 Å². The van der Waals surface area contributed by atoms with Gasteiger partial charge in [-0.15, -0.1) is 0 Å². The monoisotopic (exact) mass is 243 g/mol. The number of halogens is 2. The van der Waals surface area contributed by atoms with E-state index >= 15 is 0 Å². The van der Waals surface area contributed by atoms with Crippen LogP contribution in [0.5, 0.6) is 5.75 Å². The fourth-order valence-electron chi connectivity index (χ4n) is 1.65. The zero-order chi connectivity index (χ0) is 12.7. The second kappa shape index (κ2) is 7.22. The van der Waals surface area contributed by atoms with E-state index in [1.165, 1.54) is 0 Å². The molecule has 0 bridgehead atoms. The van der Waals surface area contributed by atoms with Gasteiger partial charge in [-0.25, -0.2) is 0 Å². The molecular weight excluding hydrogens is 224 g/mol. The molecule has 1 aromatic carbocycles. The van der Waals surface area contributed by atoms with Gasteiger partial charge in [0.05, 0.1) is 0 Å². The van der Waals surface area contributed by atoms with Crippen molar-refractivity contribution in [2.24, 2.45) is 0 Å².